The lowest BCUT2D eigenvalue weighted by Crippen LogP contribution is -2.44. The second kappa shape index (κ2) is 5.55. The minimum Gasteiger partial charge on any atom is -0.348 e. The van der Waals surface area contributed by atoms with Gasteiger partial charge in [-0.05, 0) is 31.4 Å². The number of anilines is 1. The smallest absolute Gasteiger partial charge is 0.208 e. The number of thiazole rings is 1. The van der Waals surface area contributed by atoms with Crippen LogP contribution in [0.2, 0.25) is 0 Å². The Balaban J connectivity index is 1.72. The van der Waals surface area contributed by atoms with E-state index in [1.54, 1.807) is 11.3 Å². The molecule has 1 aliphatic rings. The lowest BCUT2D eigenvalue weighted by molar-refractivity contribution is 0.461. The lowest BCUT2D eigenvalue weighted by atomic mass is 10.1. The number of hydrogen-bond acceptors (Lipinski definition) is 5. The van der Waals surface area contributed by atoms with Crippen LogP contribution in [0.3, 0.4) is 0 Å². The molecule has 0 spiro atoms. The fraction of sp³-hybridized carbons (Fsp3) is 0.500. The highest BCUT2D eigenvalue weighted by Gasteiger charge is 2.23. The highest BCUT2D eigenvalue weighted by atomic mass is 32.2. The van der Waals surface area contributed by atoms with Gasteiger partial charge in [0, 0.05) is 19.1 Å². The van der Waals surface area contributed by atoms with E-state index in [9.17, 15) is 8.42 Å². The summed E-state index contributed by atoms with van der Waals surface area (Å²) in [7, 11) is -3.11. The molecule has 5 nitrogen and oxygen atoms in total. The first-order chi connectivity index (χ1) is 9.92. The van der Waals surface area contributed by atoms with Crippen LogP contribution in [0.15, 0.2) is 18.2 Å². The summed E-state index contributed by atoms with van der Waals surface area (Å²) in [6.45, 7) is 3.76. The van der Waals surface area contributed by atoms with Gasteiger partial charge in [0.25, 0.3) is 0 Å². The summed E-state index contributed by atoms with van der Waals surface area (Å²) in [5.74, 6) is 0. The number of nitrogens with one attached hydrogen (secondary N) is 1. The third-order valence-corrected chi connectivity index (χ3v) is 5.60. The molecule has 0 amide bonds. The van der Waals surface area contributed by atoms with Crippen molar-refractivity contribution in [3.8, 4) is 0 Å². The molecule has 114 valence electrons. The van der Waals surface area contributed by atoms with E-state index in [1.807, 2.05) is 0 Å². The van der Waals surface area contributed by atoms with E-state index in [-0.39, 0.29) is 6.04 Å². The monoisotopic (exact) mass is 325 g/mol. The number of rotatable bonds is 3. The molecule has 1 aromatic heterocycles. The highest BCUT2D eigenvalue weighted by Crippen LogP contribution is 2.31. The molecule has 1 aromatic carbocycles. The summed E-state index contributed by atoms with van der Waals surface area (Å²) in [6, 6.07) is 6.28. The Bertz CT molecular complexity index is 747. The Labute approximate surface area is 129 Å². The third-order valence-electron chi connectivity index (χ3n) is 3.76. The van der Waals surface area contributed by atoms with Gasteiger partial charge in [0.05, 0.1) is 16.5 Å². The van der Waals surface area contributed by atoms with Crippen LogP contribution in [0.1, 0.15) is 18.4 Å². The Kier molecular flexibility index (Phi) is 3.90. The number of aromatic nitrogens is 1. The first-order valence-electron chi connectivity index (χ1n) is 7.01. The lowest BCUT2D eigenvalue weighted by Gasteiger charge is -2.31. The van der Waals surface area contributed by atoms with Gasteiger partial charge in [0.15, 0.2) is 5.13 Å². The van der Waals surface area contributed by atoms with Crippen molar-refractivity contribution >= 4 is 36.7 Å². The molecule has 7 heteroatoms. The molecule has 1 N–H and O–H groups in total. The second-order valence-electron chi connectivity index (χ2n) is 5.57. The molecule has 0 aliphatic carbocycles. The number of fused-ring (bicyclic) bond motifs is 1. The molecule has 21 heavy (non-hydrogen) atoms. The highest BCUT2D eigenvalue weighted by molar-refractivity contribution is 7.88. The van der Waals surface area contributed by atoms with Crippen molar-refractivity contribution in [2.75, 3.05) is 24.2 Å². The molecule has 0 bridgehead atoms. The van der Waals surface area contributed by atoms with Gasteiger partial charge in [0.2, 0.25) is 10.0 Å². The molecular weight excluding hydrogens is 306 g/mol. The van der Waals surface area contributed by atoms with Crippen LogP contribution in [-0.4, -0.2) is 38.8 Å². The van der Waals surface area contributed by atoms with Crippen molar-refractivity contribution in [1.29, 1.82) is 0 Å². The molecule has 0 radical (unpaired) electrons. The Hall–Kier alpha value is -1.18. The van der Waals surface area contributed by atoms with Crippen LogP contribution in [0.25, 0.3) is 10.2 Å². The molecule has 1 fully saturated rings. The summed E-state index contributed by atoms with van der Waals surface area (Å²) in [6.07, 6.45) is 2.86. The number of nitrogens with zero attached hydrogens (tertiary/aromatic N) is 2. The molecule has 0 unspecified atom stereocenters. The standard InChI is InChI=1S/C14H19N3O2S2/c1-10-4-3-5-12-13(10)15-14(20-12)17-8-6-11(7-9-17)16-21(2,18)19/h3-5,11,16H,6-9H2,1-2H3. The van der Waals surface area contributed by atoms with Crippen molar-refractivity contribution in [2.45, 2.75) is 25.8 Å². The van der Waals surface area contributed by atoms with Crippen molar-refractivity contribution in [3.63, 3.8) is 0 Å². The molecular formula is C14H19N3O2S2. The van der Waals surface area contributed by atoms with E-state index in [1.165, 1.54) is 16.5 Å². The maximum absolute atomic E-state index is 11.3. The largest absolute Gasteiger partial charge is 0.348 e. The van der Waals surface area contributed by atoms with Crippen LogP contribution in [0.4, 0.5) is 5.13 Å². The minimum atomic E-state index is -3.11. The van der Waals surface area contributed by atoms with Crippen LogP contribution in [-0.2, 0) is 10.0 Å². The average Bonchev–Trinajstić information content (AvgIpc) is 2.83. The van der Waals surface area contributed by atoms with Gasteiger partial charge in [-0.1, -0.05) is 23.5 Å². The Morgan fingerprint density at radius 2 is 2.05 bits per heavy atom. The van der Waals surface area contributed by atoms with Gasteiger partial charge in [-0.25, -0.2) is 18.1 Å². The first-order valence-corrected chi connectivity index (χ1v) is 9.71. The van der Waals surface area contributed by atoms with Gasteiger partial charge in [-0.15, -0.1) is 0 Å². The first kappa shape index (κ1) is 14.7. The summed E-state index contributed by atoms with van der Waals surface area (Å²) in [5, 5.41) is 1.04. The summed E-state index contributed by atoms with van der Waals surface area (Å²) < 4.78 is 26.4. The fourth-order valence-electron chi connectivity index (χ4n) is 2.70. The molecule has 3 rings (SSSR count). The Morgan fingerprint density at radius 3 is 2.67 bits per heavy atom. The van der Waals surface area contributed by atoms with Gasteiger partial charge in [-0.3, -0.25) is 0 Å². The zero-order valence-electron chi connectivity index (χ0n) is 12.2. The zero-order chi connectivity index (χ0) is 15.0. The molecule has 1 aliphatic heterocycles. The van der Waals surface area contributed by atoms with Gasteiger partial charge < -0.3 is 4.90 Å². The van der Waals surface area contributed by atoms with Gasteiger partial charge in [0.1, 0.15) is 0 Å². The minimum absolute atomic E-state index is 0.0485. The van der Waals surface area contributed by atoms with E-state index in [0.29, 0.717) is 0 Å². The quantitative estimate of drug-likeness (QED) is 0.939. The maximum Gasteiger partial charge on any atom is 0.208 e. The molecule has 0 atom stereocenters. The van der Waals surface area contributed by atoms with Crippen LogP contribution in [0, 0.1) is 6.92 Å². The molecule has 2 aromatic rings. The van der Waals surface area contributed by atoms with Crippen molar-refractivity contribution in [2.24, 2.45) is 0 Å². The predicted molar refractivity (Wildman–Crippen MR) is 87.6 cm³/mol. The second-order valence-corrected chi connectivity index (χ2v) is 8.36. The van der Waals surface area contributed by atoms with E-state index < -0.39 is 10.0 Å². The zero-order valence-corrected chi connectivity index (χ0v) is 13.8. The van der Waals surface area contributed by atoms with Gasteiger partial charge >= 0.3 is 0 Å². The van der Waals surface area contributed by atoms with Crippen molar-refractivity contribution in [1.82, 2.24) is 9.71 Å². The third kappa shape index (κ3) is 3.36. The summed E-state index contributed by atoms with van der Waals surface area (Å²) in [5.41, 5.74) is 2.28. The normalized spacial score (nSPS) is 17.5. The van der Waals surface area contributed by atoms with Crippen LogP contribution in [0.5, 0.6) is 0 Å². The van der Waals surface area contributed by atoms with Crippen LogP contribution >= 0.6 is 11.3 Å². The van der Waals surface area contributed by atoms with Gasteiger partial charge in [-0.2, -0.15) is 0 Å². The maximum atomic E-state index is 11.3. The van der Waals surface area contributed by atoms with E-state index in [0.717, 1.165) is 36.6 Å². The topological polar surface area (TPSA) is 62.3 Å². The average molecular weight is 325 g/mol. The number of sulfonamides is 1. The number of benzene rings is 1. The van der Waals surface area contributed by atoms with Crippen molar-refractivity contribution < 1.29 is 8.42 Å². The van der Waals surface area contributed by atoms with Crippen LogP contribution < -0.4 is 9.62 Å². The number of para-hydroxylation sites is 1. The van der Waals surface area contributed by atoms with E-state index >= 15 is 0 Å². The SMILES string of the molecule is Cc1cccc2sc(N3CCC(NS(C)(=O)=O)CC3)nc12. The van der Waals surface area contributed by atoms with E-state index in [4.69, 9.17) is 4.98 Å². The molecule has 1 saturated heterocycles. The van der Waals surface area contributed by atoms with E-state index in [2.05, 4.69) is 34.7 Å². The molecule has 0 saturated carbocycles. The molecule has 2 heterocycles. The summed E-state index contributed by atoms with van der Waals surface area (Å²) in [4.78, 5) is 7.00. The summed E-state index contributed by atoms with van der Waals surface area (Å²) >= 11 is 1.71. The fourth-order valence-corrected chi connectivity index (χ4v) is 4.64. The number of hydrogen-bond donors (Lipinski definition) is 1. The number of piperidine rings is 1. The Morgan fingerprint density at radius 1 is 1.33 bits per heavy atom. The number of aryl methyl sites for hydroxylation is 1. The van der Waals surface area contributed by atoms with Crippen molar-refractivity contribution in [3.05, 3.63) is 23.8 Å². The predicted octanol–water partition coefficient (Wildman–Crippen LogP) is 2.12.